The monoisotopic (exact) mass is 374 g/mol. The standard InChI is InChI=1S/C22H15FN2OS/c23-17-10-5-15(6-11-17)7-14-21(26)24-18-12-8-16(9-13-18)22-25-19-3-1-2-4-20(19)27-22/h1-14H,(H,24,26). The SMILES string of the molecule is O=C(C=Cc1ccc(F)cc1)Nc1ccc(-c2nc3ccccc3s2)cc1. The number of anilines is 1. The number of carbonyl (C=O) groups excluding carboxylic acids is 1. The zero-order valence-corrected chi connectivity index (χ0v) is 15.0. The topological polar surface area (TPSA) is 42.0 Å². The number of fused-ring (bicyclic) bond motifs is 1. The van der Waals surface area contributed by atoms with Gasteiger partial charge in [-0.25, -0.2) is 9.37 Å². The Kier molecular flexibility index (Phi) is 4.77. The van der Waals surface area contributed by atoms with Crippen LogP contribution in [0.25, 0.3) is 26.9 Å². The third kappa shape index (κ3) is 4.10. The number of benzene rings is 3. The summed E-state index contributed by atoms with van der Waals surface area (Å²) in [6, 6.07) is 21.6. The Bertz CT molecular complexity index is 1080. The van der Waals surface area contributed by atoms with Gasteiger partial charge in [-0.15, -0.1) is 11.3 Å². The molecule has 4 rings (SSSR count). The molecular weight excluding hydrogens is 359 g/mol. The summed E-state index contributed by atoms with van der Waals surface area (Å²) in [7, 11) is 0. The molecule has 3 nitrogen and oxygen atoms in total. The van der Waals surface area contributed by atoms with Gasteiger partial charge in [0.25, 0.3) is 0 Å². The van der Waals surface area contributed by atoms with Gasteiger partial charge >= 0.3 is 0 Å². The first-order valence-electron chi connectivity index (χ1n) is 8.38. The van der Waals surface area contributed by atoms with Gasteiger partial charge in [-0.2, -0.15) is 0 Å². The number of rotatable bonds is 4. The lowest BCUT2D eigenvalue weighted by Crippen LogP contribution is -2.07. The van der Waals surface area contributed by atoms with Crippen LogP contribution in [0, 0.1) is 5.82 Å². The number of para-hydroxylation sites is 1. The molecule has 0 fully saturated rings. The summed E-state index contributed by atoms with van der Waals surface area (Å²) in [6.07, 6.45) is 3.07. The summed E-state index contributed by atoms with van der Waals surface area (Å²) >= 11 is 1.64. The molecule has 1 heterocycles. The zero-order valence-electron chi connectivity index (χ0n) is 14.2. The van der Waals surface area contributed by atoms with E-state index < -0.39 is 0 Å². The lowest BCUT2D eigenvalue weighted by atomic mass is 10.2. The van der Waals surface area contributed by atoms with E-state index >= 15 is 0 Å². The fourth-order valence-electron chi connectivity index (χ4n) is 2.62. The average molecular weight is 374 g/mol. The summed E-state index contributed by atoms with van der Waals surface area (Å²) in [5, 5.41) is 3.76. The van der Waals surface area contributed by atoms with Crippen molar-refractivity contribution in [3.63, 3.8) is 0 Å². The van der Waals surface area contributed by atoms with Crippen LogP contribution in [0.5, 0.6) is 0 Å². The minimum atomic E-state index is -0.301. The van der Waals surface area contributed by atoms with Crippen LogP contribution in [0.3, 0.4) is 0 Å². The lowest BCUT2D eigenvalue weighted by molar-refractivity contribution is -0.111. The van der Waals surface area contributed by atoms with Crippen LogP contribution in [-0.2, 0) is 4.79 Å². The third-order valence-corrected chi connectivity index (χ3v) is 5.08. The second-order valence-electron chi connectivity index (χ2n) is 5.94. The van der Waals surface area contributed by atoms with Crippen LogP contribution in [0.2, 0.25) is 0 Å². The first kappa shape index (κ1) is 17.1. The van der Waals surface area contributed by atoms with Crippen LogP contribution < -0.4 is 5.32 Å². The van der Waals surface area contributed by atoms with E-state index in [0.29, 0.717) is 5.69 Å². The van der Waals surface area contributed by atoms with Crippen LogP contribution in [0.4, 0.5) is 10.1 Å². The number of hydrogen-bond acceptors (Lipinski definition) is 3. The van der Waals surface area contributed by atoms with Crippen molar-refractivity contribution in [1.29, 1.82) is 0 Å². The van der Waals surface area contributed by atoms with Crippen molar-refractivity contribution < 1.29 is 9.18 Å². The van der Waals surface area contributed by atoms with Gasteiger partial charge in [0.2, 0.25) is 5.91 Å². The van der Waals surface area contributed by atoms with Gasteiger partial charge in [-0.1, -0.05) is 24.3 Å². The largest absolute Gasteiger partial charge is 0.323 e. The van der Waals surface area contributed by atoms with E-state index in [2.05, 4.69) is 16.4 Å². The molecular formula is C22H15FN2OS. The molecule has 3 aromatic carbocycles. The molecule has 0 aliphatic rings. The lowest BCUT2D eigenvalue weighted by Gasteiger charge is -2.03. The van der Waals surface area contributed by atoms with Crippen molar-refractivity contribution in [1.82, 2.24) is 4.98 Å². The van der Waals surface area contributed by atoms with Gasteiger partial charge < -0.3 is 5.32 Å². The maximum absolute atomic E-state index is 12.9. The van der Waals surface area contributed by atoms with E-state index in [1.807, 2.05) is 42.5 Å². The quantitative estimate of drug-likeness (QED) is 0.462. The molecule has 1 amide bonds. The second kappa shape index (κ2) is 7.51. The van der Waals surface area contributed by atoms with Gasteiger partial charge in [0, 0.05) is 17.3 Å². The number of thiazole rings is 1. The van der Waals surface area contributed by atoms with Gasteiger partial charge in [-0.05, 0) is 60.2 Å². The van der Waals surface area contributed by atoms with E-state index in [4.69, 9.17) is 0 Å². The highest BCUT2D eigenvalue weighted by Crippen LogP contribution is 2.30. The maximum Gasteiger partial charge on any atom is 0.248 e. The average Bonchev–Trinajstić information content (AvgIpc) is 3.12. The molecule has 4 aromatic rings. The number of aromatic nitrogens is 1. The molecule has 1 aromatic heterocycles. The van der Waals surface area contributed by atoms with Crippen LogP contribution >= 0.6 is 11.3 Å². The molecule has 0 radical (unpaired) electrons. The van der Waals surface area contributed by atoms with E-state index in [0.717, 1.165) is 26.4 Å². The van der Waals surface area contributed by atoms with Crippen molar-refractivity contribution in [2.45, 2.75) is 0 Å². The van der Waals surface area contributed by atoms with E-state index in [-0.39, 0.29) is 11.7 Å². The summed E-state index contributed by atoms with van der Waals surface area (Å²) in [4.78, 5) is 16.7. The minimum absolute atomic E-state index is 0.243. The predicted octanol–water partition coefficient (Wildman–Crippen LogP) is 5.75. The number of nitrogens with one attached hydrogen (secondary N) is 1. The van der Waals surface area contributed by atoms with Crippen LogP contribution in [0.1, 0.15) is 5.56 Å². The van der Waals surface area contributed by atoms with E-state index in [1.165, 1.54) is 18.2 Å². The number of nitrogens with zero attached hydrogens (tertiary/aromatic N) is 1. The van der Waals surface area contributed by atoms with Gasteiger partial charge in [0.1, 0.15) is 10.8 Å². The molecule has 0 saturated carbocycles. The molecule has 1 N–H and O–H groups in total. The van der Waals surface area contributed by atoms with Gasteiger partial charge in [0.15, 0.2) is 0 Å². The molecule has 0 unspecified atom stereocenters. The van der Waals surface area contributed by atoms with Crippen molar-refractivity contribution >= 4 is 39.2 Å². The molecule has 27 heavy (non-hydrogen) atoms. The third-order valence-electron chi connectivity index (χ3n) is 3.99. The summed E-state index contributed by atoms with van der Waals surface area (Å²) in [5.41, 5.74) is 3.46. The Labute approximate surface area is 159 Å². The normalized spacial score (nSPS) is 11.1. The molecule has 132 valence electrons. The molecule has 0 aliphatic carbocycles. The van der Waals surface area contributed by atoms with Gasteiger partial charge in [-0.3, -0.25) is 4.79 Å². The highest BCUT2D eigenvalue weighted by molar-refractivity contribution is 7.21. The Hall–Kier alpha value is -3.31. The van der Waals surface area contributed by atoms with Crippen molar-refractivity contribution in [3.05, 3.63) is 90.3 Å². The van der Waals surface area contributed by atoms with E-state index in [1.54, 1.807) is 29.5 Å². The summed E-state index contributed by atoms with van der Waals surface area (Å²) in [5.74, 6) is -0.545. The Morgan fingerprint density at radius 3 is 2.44 bits per heavy atom. The summed E-state index contributed by atoms with van der Waals surface area (Å²) < 4.78 is 14.0. The first-order chi connectivity index (χ1) is 13.2. The fourth-order valence-corrected chi connectivity index (χ4v) is 3.59. The second-order valence-corrected chi connectivity index (χ2v) is 6.97. The zero-order chi connectivity index (χ0) is 18.6. The molecule has 0 saturated heterocycles. The van der Waals surface area contributed by atoms with Crippen LogP contribution in [-0.4, -0.2) is 10.9 Å². The molecule has 5 heteroatoms. The predicted molar refractivity (Wildman–Crippen MR) is 109 cm³/mol. The maximum atomic E-state index is 12.9. The number of carbonyl (C=O) groups is 1. The van der Waals surface area contributed by atoms with Crippen molar-refractivity contribution in [2.24, 2.45) is 0 Å². The van der Waals surface area contributed by atoms with E-state index in [9.17, 15) is 9.18 Å². The molecule has 0 atom stereocenters. The highest BCUT2D eigenvalue weighted by Gasteiger charge is 2.06. The molecule has 0 aliphatic heterocycles. The smallest absolute Gasteiger partial charge is 0.248 e. The first-order valence-corrected chi connectivity index (χ1v) is 9.20. The van der Waals surface area contributed by atoms with Crippen LogP contribution in [0.15, 0.2) is 78.9 Å². The summed E-state index contributed by atoms with van der Waals surface area (Å²) in [6.45, 7) is 0. The molecule has 0 bridgehead atoms. The Balaban J connectivity index is 1.44. The number of amides is 1. The Morgan fingerprint density at radius 2 is 1.70 bits per heavy atom. The van der Waals surface area contributed by atoms with Crippen molar-refractivity contribution in [3.8, 4) is 10.6 Å². The van der Waals surface area contributed by atoms with Gasteiger partial charge in [0.05, 0.1) is 10.2 Å². The number of halogens is 1. The minimum Gasteiger partial charge on any atom is -0.323 e. The molecule has 0 spiro atoms. The number of hydrogen-bond donors (Lipinski definition) is 1. The highest BCUT2D eigenvalue weighted by atomic mass is 32.1. The van der Waals surface area contributed by atoms with Crippen molar-refractivity contribution in [2.75, 3.05) is 5.32 Å². The Morgan fingerprint density at radius 1 is 0.963 bits per heavy atom. The fraction of sp³-hybridized carbons (Fsp3) is 0.